The molecule has 0 spiro atoms. The van der Waals surface area contributed by atoms with Gasteiger partial charge in [-0.3, -0.25) is 14.6 Å². The first-order valence-electron chi connectivity index (χ1n) is 11.9. The van der Waals surface area contributed by atoms with Gasteiger partial charge in [-0.1, -0.05) is 34.5 Å². The number of likely N-dealkylation sites (N-methyl/N-ethyl adjacent to an activating group) is 2. The molecule has 39 heavy (non-hydrogen) atoms. The number of anilines is 1. The van der Waals surface area contributed by atoms with Crippen molar-refractivity contribution in [3.63, 3.8) is 0 Å². The number of hydrogen-bond donors (Lipinski definition) is 3. The van der Waals surface area contributed by atoms with Crippen LogP contribution in [0.1, 0.15) is 32.3 Å². The van der Waals surface area contributed by atoms with Gasteiger partial charge >= 0.3 is 5.97 Å². The number of thiazole rings is 1. The molecule has 1 amide bonds. The number of nitrogens with one attached hydrogen (secondary N) is 2. The number of carbonyl (C=O) groups is 2. The van der Waals surface area contributed by atoms with Crippen LogP contribution in [0.25, 0.3) is 11.4 Å². The Morgan fingerprint density at radius 1 is 1.26 bits per heavy atom. The van der Waals surface area contributed by atoms with E-state index in [9.17, 15) is 14.7 Å². The Kier molecular flexibility index (Phi) is 8.50. The Morgan fingerprint density at radius 3 is 2.46 bits per heavy atom. The van der Waals surface area contributed by atoms with Gasteiger partial charge in [-0.25, -0.2) is 19.7 Å². The van der Waals surface area contributed by atoms with Crippen molar-refractivity contribution in [1.29, 1.82) is 0 Å². The Hall–Kier alpha value is -2.81. The molecular weight excluding hydrogens is 567 g/mol. The summed E-state index contributed by atoms with van der Waals surface area (Å²) in [5, 5.41) is 14.0. The highest BCUT2D eigenvalue weighted by Gasteiger charge is 2.56. The van der Waals surface area contributed by atoms with Gasteiger partial charge in [0.25, 0.3) is 5.91 Å². The molecule has 0 radical (unpaired) electrons. The maximum absolute atomic E-state index is 13.3. The van der Waals surface area contributed by atoms with Crippen LogP contribution in [0.15, 0.2) is 18.6 Å². The number of nitrogens with zero attached hydrogens (tertiary/aromatic N) is 6. The molecule has 1 fully saturated rings. The molecule has 3 aromatic rings. The van der Waals surface area contributed by atoms with E-state index in [0.29, 0.717) is 34.5 Å². The number of amides is 1. The smallest absolute Gasteiger partial charge is 0.348 e. The Morgan fingerprint density at radius 2 is 1.95 bits per heavy atom. The number of carbonyl (C=O) groups excluding carboxylic acids is 1. The third-order valence-corrected chi connectivity index (χ3v) is 8.86. The minimum absolute atomic E-state index is 0.0631. The third-order valence-electron chi connectivity index (χ3n) is 6.84. The highest BCUT2D eigenvalue weighted by molar-refractivity contribution is 7.17. The summed E-state index contributed by atoms with van der Waals surface area (Å²) in [5.41, 5.74) is 1.44. The van der Waals surface area contributed by atoms with Crippen LogP contribution in [0.5, 0.6) is 0 Å². The van der Waals surface area contributed by atoms with E-state index in [1.165, 1.54) is 12.5 Å². The van der Waals surface area contributed by atoms with E-state index in [-0.39, 0.29) is 21.3 Å². The summed E-state index contributed by atoms with van der Waals surface area (Å²) in [4.78, 5) is 47.3. The summed E-state index contributed by atoms with van der Waals surface area (Å²) in [7, 11) is 9.15. The van der Waals surface area contributed by atoms with E-state index in [1.54, 1.807) is 20.1 Å². The first-order valence-corrected chi connectivity index (χ1v) is 13.5. The maximum Gasteiger partial charge on any atom is 0.348 e. The number of ether oxygens (including phenoxy) is 1. The summed E-state index contributed by atoms with van der Waals surface area (Å²) in [5.74, 6) is -2.49. The number of aromatic carboxylic acids is 1. The highest BCUT2D eigenvalue weighted by Crippen LogP contribution is 2.42. The molecule has 0 unspecified atom stereocenters. The number of carboxylic acids is 1. The van der Waals surface area contributed by atoms with Gasteiger partial charge in [-0.15, -0.1) is 0 Å². The van der Waals surface area contributed by atoms with E-state index < -0.39 is 29.8 Å². The summed E-state index contributed by atoms with van der Waals surface area (Å²) in [6, 6.07) is 1.18. The molecule has 4 rings (SSSR count). The number of aromatic nitrogens is 4. The van der Waals surface area contributed by atoms with Crippen molar-refractivity contribution in [1.82, 2.24) is 35.1 Å². The number of H-pyrrole nitrogens is 1. The van der Waals surface area contributed by atoms with Gasteiger partial charge in [0.2, 0.25) is 0 Å². The zero-order valence-corrected chi connectivity index (χ0v) is 24.6. The number of carboxylic acid groups (broad SMARTS) is 1. The van der Waals surface area contributed by atoms with E-state index in [1.807, 2.05) is 42.9 Å². The molecule has 2 atom stereocenters. The zero-order valence-electron chi connectivity index (χ0n) is 22.3. The second-order valence-electron chi connectivity index (χ2n) is 9.48. The summed E-state index contributed by atoms with van der Waals surface area (Å²) in [6.45, 7) is 2.16. The Balaban J connectivity index is 1.77. The van der Waals surface area contributed by atoms with Crippen LogP contribution in [0.4, 0.5) is 5.13 Å². The van der Waals surface area contributed by atoms with Crippen LogP contribution in [-0.2, 0) is 4.74 Å². The summed E-state index contributed by atoms with van der Waals surface area (Å²) >= 11 is 13.6. The van der Waals surface area contributed by atoms with Crippen LogP contribution < -0.4 is 10.2 Å². The first kappa shape index (κ1) is 29.2. The van der Waals surface area contributed by atoms with Crippen LogP contribution in [0.2, 0.25) is 10.0 Å². The fraction of sp³-hybridized carbons (Fsp3) is 0.458. The minimum Gasteiger partial charge on any atom is -0.477 e. The fourth-order valence-corrected chi connectivity index (χ4v) is 6.65. The second kappa shape index (κ2) is 11.4. The first-order chi connectivity index (χ1) is 18.4. The molecule has 12 nitrogen and oxygen atoms in total. The molecule has 0 aromatic carbocycles. The average Bonchev–Trinajstić information content (AvgIpc) is 3.46. The van der Waals surface area contributed by atoms with E-state index >= 15 is 0 Å². The normalized spacial score (nSPS) is 19.1. The minimum atomic E-state index is -1.10. The zero-order chi connectivity index (χ0) is 28.6. The molecule has 0 bridgehead atoms. The Labute approximate surface area is 239 Å². The van der Waals surface area contributed by atoms with Gasteiger partial charge in [-0.2, -0.15) is 0 Å². The van der Waals surface area contributed by atoms with Crippen LogP contribution >= 0.6 is 34.5 Å². The van der Waals surface area contributed by atoms with E-state index in [2.05, 4.69) is 20.3 Å². The molecule has 3 N–H and O–H groups in total. The van der Waals surface area contributed by atoms with Gasteiger partial charge in [0, 0.05) is 25.5 Å². The number of halogens is 2. The molecule has 0 aliphatic carbocycles. The van der Waals surface area contributed by atoms with Crippen LogP contribution in [0.3, 0.4) is 0 Å². The lowest BCUT2D eigenvalue weighted by Gasteiger charge is -2.59. The molecule has 4 heterocycles. The standard InChI is InChI=1S/C24H30Cl2N8O4S/c1-12-15(25)16(26)18(29-12)21(35)30-14-8-10-34(24(32(2)3,33(4)5)20(14)38-6)23-31-17(19(39-23)22(36)37)13-7-9-27-11-28-13/h7,9,11,14,20,29H,8,10H2,1-6H3,(H,30,35)(H,36,37)/t14-,20+/m1/s1. The number of piperidine rings is 1. The number of aromatic amines is 1. The summed E-state index contributed by atoms with van der Waals surface area (Å²) in [6.07, 6.45) is 2.76. The average molecular weight is 598 g/mol. The van der Waals surface area contributed by atoms with Gasteiger partial charge < -0.3 is 25.0 Å². The third kappa shape index (κ3) is 4.98. The van der Waals surface area contributed by atoms with E-state index in [4.69, 9.17) is 32.9 Å². The molecule has 1 aliphatic rings. The Bertz CT molecular complexity index is 1360. The van der Waals surface area contributed by atoms with Gasteiger partial charge in [0.05, 0.1) is 21.8 Å². The number of aryl methyl sites for hydroxylation is 1. The highest BCUT2D eigenvalue weighted by atomic mass is 35.5. The number of rotatable bonds is 8. The van der Waals surface area contributed by atoms with Crippen molar-refractivity contribution in [2.45, 2.75) is 31.3 Å². The molecule has 1 saturated heterocycles. The van der Waals surface area contributed by atoms with Crippen molar-refractivity contribution in [2.24, 2.45) is 0 Å². The lowest BCUT2D eigenvalue weighted by atomic mass is 9.91. The molecular formula is C24H30Cl2N8O4S. The predicted octanol–water partition coefficient (Wildman–Crippen LogP) is 3.04. The molecule has 0 saturated carbocycles. The van der Waals surface area contributed by atoms with Gasteiger partial charge in [0.15, 0.2) is 10.9 Å². The van der Waals surface area contributed by atoms with Crippen LogP contribution in [0, 0.1) is 6.92 Å². The largest absolute Gasteiger partial charge is 0.477 e. The maximum atomic E-state index is 13.3. The lowest BCUT2D eigenvalue weighted by Crippen LogP contribution is -2.79. The number of hydrogen-bond acceptors (Lipinski definition) is 10. The van der Waals surface area contributed by atoms with Gasteiger partial charge in [0.1, 0.15) is 28.7 Å². The van der Waals surface area contributed by atoms with Gasteiger partial charge in [-0.05, 0) is 47.6 Å². The van der Waals surface area contributed by atoms with Crippen LogP contribution in [-0.4, -0.2) is 106 Å². The van der Waals surface area contributed by atoms with E-state index in [0.717, 1.165) is 11.3 Å². The van der Waals surface area contributed by atoms with Crippen molar-refractivity contribution < 1.29 is 19.4 Å². The molecule has 1 aliphatic heterocycles. The molecule has 3 aromatic heterocycles. The lowest BCUT2D eigenvalue weighted by molar-refractivity contribution is -0.138. The van der Waals surface area contributed by atoms with Crippen molar-refractivity contribution >= 4 is 51.5 Å². The predicted molar refractivity (Wildman–Crippen MR) is 150 cm³/mol. The number of methoxy groups -OCH3 is 1. The monoisotopic (exact) mass is 596 g/mol. The summed E-state index contributed by atoms with van der Waals surface area (Å²) < 4.78 is 6.09. The fourth-order valence-electron chi connectivity index (χ4n) is 5.25. The second-order valence-corrected chi connectivity index (χ2v) is 11.2. The molecule has 210 valence electrons. The quantitative estimate of drug-likeness (QED) is 0.332. The SMILES string of the molecule is CO[C@H]1[C@H](NC(=O)c2[nH]c(C)c(Cl)c2Cl)CCN(c2nc(-c3ccncn3)c(C(=O)O)s2)C1(N(C)C)N(C)C. The van der Waals surface area contributed by atoms with Crippen molar-refractivity contribution in [3.05, 3.63) is 44.9 Å². The molecule has 15 heteroatoms. The van der Waals surface area contributed by atoms with Crippen molar-refractivity contribution in [3.8, 4) is 11.4 Å². The topological polar surface area (TPSA) is 140 Å². The van der Waals surface area contributed by atoms with Crippen molar-refractivity contribution in [2.75, 3.05) is 46.7 Å².